The van der Waals surface area contributed by atoms with E-state index in [0.29, 0.717) is 0 Å². The second-order valence-corrected chi connectivity index (χ2v) is 8.99. The Balaban J connectivity index is 0. The minimum absolute atomic E-state index is 0.994. The van der Waals surface area contributed by atoms with Crippen molar-refractivity contribution in [1.29, 1.82) is 0 Å². The first-order valence-electron chi connectivity index (χ1n) is 13.5. The van der Waals surface area contributed by atoms with Crippen molar-refractivity contribution in [1.82, 2.24) is 0 Å². The number of aliphatic hydroxyl groups is 1. The van der Waals surface area contributed by atoms with Gasteiger partial charge in [0.15, 0.2) is 0 Å². The molecule has 0 saturated heterocycles. The van der Waals surface area contributed by atoms with E-state index in [1.165, 1.54) is 135 Å². The van der Waals surface area contributed by atoms with E-state index in [4.69, 9.17) is 14.9 Å². The average molecular weight is 445 g/mol. The number of carbonyl (C=O) groups is 1. The number of unbranched alkanes of at least 4 members (excludes halogenated alkanes) is 18. The summed E-state index contributed by atoms with van der Waals surface area (Å²) in [4.78, 5) is 9.45. The van der Waals surface area contributed by atoms with Crippen LogP contribution in [0.15, 0.2) is 0 Å². The number of carboxylic acids is 1. The highest BCUT2D eigenvalue weighted by Crippen LogP contribution is 2.12. The molecule has 0 aliphatic carbocycles. The minimum Gasteiger partial charge on any atom is -0.479 e. The SMILES string of the molecule is CC(O)C(=O)O.CCCCCCCCCCCCOCCCCCCCCCCCC. The van der Waals surface area contributed by atoms with Crippen LogP contribution in [0.25, 0.3) is 0 Å². The Morgan fingerprint density at radius 3 is 1.03 bits per heavy atom. The lowest BCUT2D eigenvalue weighted by atomic mass is 10.1. The highest BCUT2D eigenvalue weighted by Gasteiger charge is 2.01. The lowest BCUT2D eigenvalue weighted by Gasteiger charge is -2.05. The van der Waals surface area contributed by atoms with Crippen LogP contribution in [0.3, 0.4) is 0 Å². The van der Waals surface area contributed by atoms with Crippen LogP contribution < -0.4 is 0 Å². The fourth-order valence-corrected chi connectivity index (χ4v) is 3.49. The van der Waals surface area contributed by atoms with Crippen LogP contribution in [0.2, 0.25) is 0 Å². The molecule has 0 aromatic heterocycles. The Kier molecular flexibility index (Phi) is 30.9. The van der Waals surface area contributed by atoms with Gasteiger partial charge in [-0.15, -0.1) is 0 Å². The van der Waals surface area contributed by atoms with Crippen LogP contribution in [0, 0.1) is 0 Å². The average Bonchev–Trinajstić information content (AvgIpc) is 2.75. The zero-order chi connectivity index (χ0) is 23.4. The van der Waals surface area contributed by atoms with Gasteiger partial charge in [-0.25, -0.2) is 4.79 Å². The molecule has 0 spiro atoms. The van der Waals surface area contributed by atoms with E-state index in [2.05, 4.69) is 13.8 Å². The summed E-state index contributed by atoms with van der Waals surface area (Å²) in [7, 11) is 0. The summed E-state index contributed by atoms with van der Waals surface area (Å²) in [5.41, 5.74) is 0. The smallest absolute Gasteiger partial charge is 0.332 e. The molecule has 0 aromatic carbocycles. The van der Waals surface area contributed by atoms with Crippen LogP contribution in [0.5, 0.6) is 0 Å². The Labute approximate surface area is 194 Å². The molecule has 2 N–H and O–H groups in total. The highest BCUT2D eigenvalue weighted by atomic mass is 16.5. The molecule has 0 amide bonds. The molecule has 0 heterocycles. The van der Waals surface area contributed by atoms with Crippen molar-refractivity contribution in [2.24, 2.45) is 0 Å². The quantitative estimate of drug-likeness (QED) is 0.155. The molecule has 4 heteroatoms. The predicted octanol–water partition coefficient (Wildman–Crippen LogP) is 8.30. The molecule has 4 nitrogen and oxygen atoms in total. The van der Waals surface area contributed by atoms with Gasteiger partial charge in [0.1, 0.15) is 6.10 Å². The van der Waals surface area contributed by atoms with Gasteiger partial charge < -0.3 is 14.9 Å². The van der Waals surface area contributed by atoms with Crippen LogP contribution in [0.1, 0.15) is 149 Å². The molecular formula is C27H56O4. The summed E-state index contributed by atoms with van der Waals surface area (Å²) in [6.07, 6.45) is 26.9. The third-order valence-electron chi connectivity index (χ3n) is 5.64. The number of carboxylic acid groups (broad SMARTS) is 1. The summed E-state index contributed by atoms with van der Waals surface area (Å²) < 4.78 is 5.78. The zero-order valence-electron chi connectivity index (χ0n) is 21.3. The molecular weight excluding hydrogens is 388 g/mol. The maximum Gasteiger partial charge on any atom is 0.332 e. The molecule has 1 atom stereocenters. The molecule has 0 saturated carbocycles. The number of hydrogen-bond donors (Lipinski definition) is 2. The predicted molar refractivity (Wildman–Crippen MR) is 134 cm³/mol. The summed E-state index contributed by atoms with van der Waals surface area (Å²) in [5.74, 6) is -1.19. The third kappa shape index (κ3) is 34.2. The standard InChI is InChI=1S/C24H50O.C3H6O3/c1-3-5-7-9-11-13-15-17-19-21-23-25-24-22-20-18-16-14-12-10-8-6-4-2;1-2(4)3(5)6/h3-24H2,1-2H3;2,4H,1H3,(H,5,6). The van der Waals surface area contributed by atoms with E-state index in [1.807, 2.05) is 0 Å². The Morgan fingerprint density at radius 1 is 0.581 bits per heavy atom. The lowest BCUT2D eigenvalue weighted by molar-refractivity contribution is -0.145. The number of ether oxygens (including phenoxy) is 1. The van der Waals surface area contributed by atoms with Crippen LogP contribution >= 0.6 is 0 Å². The molecule has 0 aliphatic rings. The van der Waals surface area contributed by atoms with E-state index < -0.39 is 12.1 Å². The Bertz CT molecular complexity index is 309. The maximum atomic E-state index is 9.45. The van der Waals surface area contributed by atoms with E-state index in [1.54, 1.807) is 0 Å². The molecule has 1 unspecified atom stereocenters. The lowest BCUT2D eigenvalue weighted by Crippen LogP contribution is -2.13. The molecule has 0 fully saturated rings. The Hall–Kier alpha value is -0.610. The largest absolute Gasteiger partial charge is 0.479 e. The van der Waals surface area contributed by atoms with E-state index in [-0.39, 0.29) is 0 Å². The van der Waals surface area contributed by atoms with Gasteiger partial charge in [-0.05, 0) is 19.8 Å². The molecule has 0 radical (unpaired) electrons. The first-order valence-corrected chi connectivity index (χ1v) is 13.5. The van der Waals surface area contributed by atoms with Crippen molar-refractivity contribution in [3.8, 4) is 0 Å². The van der Waals surface area contributed by atoms with Gasteiger partial charge in [-0.1, -0.05) is 129 Å². The fraction of sp³-hybridized carbons (Fsp3) is 0.963. The monoisotopic (exact) mass is 444 g/mol. The minimum atomic E-state index is -1.23. The molecule has 0 rings (SSSR count). The number of hydrogen-bond acceptors (Lipinski definition) is 3. The van der Waals surface area contributed by atoms with Crippen LogP contribution in [-0.4, -0.2) is 35.5 Å². The highest BCUT2D eigenvalue weighted by molar-refractivity contribution is 5.71. The van der Waals surface area contributed by atoms with Crippen LogP contribution in [-0.2, 0) is 9.53 Å². The first kappa shape index (κ1) is 32.6. The van der Waals surface area contributed by atoms with E-state index in [9.17, 15) is 4.79 Å². The molecule has 0 bridgehead atoms. The summed E-state index contributed by atoms with van der Waals surface area (Å²) in [5, 5.41) is 15.8. The Morgan fingerprint density at radius 2 is 0.806 bits per heavy atom. The molecule has 31 heavy (non-hydrogen) atoms. The molecule has 188 valence electrons. The number of aliphatic hydroxyl groups excluding tert-OH is 1. The van der Waals surface area contributed by atoms with Crippen molar-refractivity contribution in [3.63, 3.8) is 0 Å². The van der Waals surface area contributed by atoms with Crippen molar-refractivity contribution in [2.75, 3.05) is 13.2 Å². The van der Waals surface area contributed by atoms with Crippen molar-refractivity contribution >= 4 is 5.97 Å². The summed E-state index contributed by atoms with van der Waals surface area (Å²) in [6.45, 7) is 7.77. The molecule has 0 aromatic rings. The van der Waals surface area contributed by atoms with Crippen LogP contribution in [0.4, 0.5) is 0 Å². The zero-order valence-corrected chi connectivity index (χ0v) is 21.3. The van der Waals surface area contributed by atoms with Gasteiger partial charge >= 0.3 is 5.97 Å². The van der Waals surface area contributed by atoms with E-state index >= 15 is 0 Å². The second kappa shape index (κ2) is 29.4. The van der Waals surface area contributed by atoms with Gasteiger partial charge in [0.25, 0.3) is 0 Å². The normalized spacial score (nSPS) is 11.7. The van der Waals surface area contributed by atoms with Crippen molar-refractivity contribution in [3.05, 3.63) is 0 Å². The fourth-order valence-electron chi connectivity index (χ4n) is 3.49. The topological polar surface area (TPSA) is 66.8 Å². The van der Waals surface area contributed by atoms with Gasteiger partial charge in [-0.3, -0.25) is 0 Å². The summed E-state index contributed by atoms with van der Waals surface area (Å²) in [6, 6.07) is 0. The molecule has 0 aliphatic heterocycles. The third-order valence-corrected chi connectivity index (χ3v) is 5.64. The van der Waals surface area contributed by atoms with Crippen molar-refractivity contribution < 1.29 is 19.7 Å². The first-order chi connectivity index (χ1) is 15.1. The van der Waals surface area contributed by atoms with Gasteiger partial charge in [0, 0.05) is 13.2 Å². The maximum absolute atomic E-state index is 9.45. The summed E-state index contributed by atoms with van der Waals surface area (Å²) >= 11 is 0. The second-order valence-electron chi connectivity index (χ2n) is 8.99. The van der Waals surface area contributed by atoms with Gasteiger partial charge in [0.05, 0.1) is 0 Å². The van der Waals surface area contributed by atoms with Gasteiger partial charge in [0.2, 0.25) is 0 Å². The van der Waals surface area contributed by atoms with Crippen molar-refractivity contribution in [2.45, 2.75) is 155 Å². The van der Waals surface area contributed by atoms with E-state index in [0.717, 1.165) is 13.2 Å². The number of rotatable bonds is 23. The van der Waals surface area contributed by atoms with Gasteiger partial charge in [-0.2, -0.15) is 0 Å². The number of aliphatic carboxylic acids is 1.